The fraction of sp³-hybridized carbons (Fsp3) is 0.444. The van der Waals surface area contributed by atoms with E-state index in [-0.39, 0.29) is 0 Å². The average molecular weight is 191 g/mol. The first-order valence-corrected chi connectivity index (χ1v) is 3.75. The Morgan fingerprint density at radius 2 is 1.85 bits per heavy atom. The lowest BCUT2D eigenvalue weighted by Crippen LogP contribution is -2.09. The Bertz CT molecular complexity index is 246. The molecule has 0 aliphatic carbocycles. The van der Waals surface area contributed by atoms with Crippen LogP contribution < -0.4 is 0 Å². The minimum absolute atomic E-state index is 0.456. The van der Waals surface area contributed by atoms with Crippen LogP contribution in [0.25, 0.3) is 0 Å². The molecule has 0 saturated heterocycles. The van der Waals surface area contributed by atoms with Crippen LogP contribution in [0.1, 0.15) is 13.8 Å². The number of halogens is 3. The van der Waals surface area contributed by atoms with Gasteiger partial charge in [0.25, 0.3) is 0 Å². The maximum atomic E-state index is 12.0. The Morgan fingerprint density at radius 1 is 1.31 bits per heavy atom. The molecular weight excluding hydrogens is 179 g/mol. The molecule has 1 nitrogen and oxygen atoms in total. The summed E-state index contributed by atoms with van der Waals surface area (Å²) in [6, 6.07) is 0. The molecule has 0 heterocycles. The molecule has 0 spiro atoms. The third-order valence-corrected chi connectivity index (χ3v) is 1.44. The van der Waals surface area contributed by atoms with Gasteiger partial charge in [-0.15, -0.1) is 0 Å². The maximum absolute atomic E-state index is 12.0. The van der Waals surface area contributed by atoms with Crippen LogP contribution in [0.5, 0.6) is 0 Å². The molecule has 0 bridgehead atoms. The average Bonchev–Trinajstić information content (AvgIpc) is 2.01. The van der Waals surface area contributed by atoms with Crippen molar-refractivity contribution in [3.63, 3.8) is 0 Å². The summed E-state index contributed by atoms with van der Waals surface area (Å²) in [5.74, 6) is 0. The lowest BCUT2D eigenvalue weighted by molar-refractivity contribution is -0.0913. The number of rotatable bonds is 2. The lowest BCUT2D eigenvalue weighted by atomic mass is 10.2. The van der Waals surface area contributed by atoms with E-state index in [0.717, 1.165) is 13.0 Å². The van der Waals surface area contributed by atoms with Crippen molar-refractivity contribution in [2.45, 2.75) is 20.0 Å². The van der Waals surface area contributed by atoms with Crippen LogP contribution in [-0.4, -0.2) is 19.4 Å². The normalized spacial score (nSPS) is 15.5. The predicted octanol–water partition coefficient (Wildman–Crippen LogP) is 3.14. The molecular formula is C9H12F3N. The van der Waals surface area contributed by atoms with Crippen molar-refractivity contribution in [1.29, 1.82) is 0 Å². The molecule has 0 saturated carbocycles. The fourth-order valence-electron chi connectivity index (χ4n) is 0.676. The molecule has 0 aromatic heterocycles. The highest BCUT2D eigenvalue weighted by Gasteiger charge is 2.29. The first-order valence-electron chi connectivity index (χ1n) is 3.75. The van der Waals surface area contributed by atoms with Crippen LogP contribution in [0, 0.1) is 0 Å². The van der Waals surface area contributed by atoms with Gasteiger partial charge in [0.15, 0.2) is 0 Å². The monoisotopic (exact) mass is 191 g/mol. The van der Waals surface area contributed by atoms with Crippen LogP contribution in [0.15, 0.2) is 28.3 Å². The van der Waals surface area contributed by atoms with Gasteiger partial charge in [-0.05, 0) is 25.5 Å². The summed E-state index contributed by atoms with van der Waals surface area (Å²) >= 11 is 0. The lowest BCUT2D eigenvalue weighted by Gasteiger charge is -2.05. The minimum atomic E-state index is -4.25. The summed E-state index contributed by atoms with van der Waals surface area (Å²) in [6.07, 6.45) is -0.236. The molecule has 0 N–H and O–H groups in total. The summed E-state index contributed by atoms with van der Waals surface area (Å²) in [7, 11) is 1.51. The van der Waals surface area contributed by atoms with Gasteiger partial charge in [0.2, 0.25) is 0 Å². The van der Waals surface area contributed by atoms with Crippen molar-refractivity contribution < 1.29 is 13.2 Å². The molecule has 0 unspecified atom stereocenters. The summed E-state index contributed by atoms with van der Waals surface area (Å²) in [6.45, 7) is 2.70. The predicted molar refractivity (Wildman–Crippen MR) is 48.0 cm³/mol. The van der Waals surface area contributed by atoms with E-state index in [2.05, 4.69) is 4.99 Å². The van der Waals surface area contributed by atoms with Crippen LogP contribution >= 0.6 is 0 Å². The third-order valence-electron chi connectivity index (χ3n) is 1.44. The molecule has 0 fully saturated rings. The zero-order valence-corrected chi connectivity index (χ0v) is 7.81. The summed E-state index contributed by atoms with van der Waals surface area (Å²) in [5, 5.41) is 0. The highest BCUT2D eigenvalue weighted by atomic mass is 19.4. The van der Waals surface area contributed by atoms with Gasteiger partial charge in [0, 0.05) is 18.8 Å². The van der Waals surface area contributed by atoms with Gasteiger partial charge in [-0.2, -0.15) is 13.2 Å². The standard InChI is InChI=1S/C9H12F3N/c1-4-8(6-13-3)5-7(2)9(10,11)12/h4-6H,1-3H3/b7-5+,8-4+,13-6?. The zero-order chi connectivity index (χ0) is 10.5. The highest BCUT2D eigenvalue weighted by Crippen LogP contribution is 2.25. The quantitative estimate of drug-likeness (QED) is 0.469. The second kappa shape index (κ2) is 4.84. The van der Waals surface area contributed by atoms with E-state index in [1.54, 1.807) is 13.0 Å². The van der Waals surface area contributed by atoms with Gasteiger partial charge in [-0.1, -0.05) is 6.08 Å². The molecule has 13 heavy (non-hydrogen) atoms. The molecule has 74 valence electrons. The first kappa shape index (κ1) is 11.9. The first-order chi connectivity index (χ1) is 5.91. The largest absolute Gasteiger partial charge is 0.412 e. The van der Waals surface area contributed by atoms with Crippen molar-refractivity contribution in [3.05, 3.63) is 23.3 Å². The SMILES string of the molecule is C/C=C(C=NC)\C=C(/C)C(F)(F)F. The molecule has 0 aromatic rings. The Labute approximate surface area is 75.7 Å². The van der Waals surface area contributed by atoms with Crippen LogP contribution in [0.2, 0.25) is 0 Å². The second-order valence-electron chi connectivity index (χ2n) is 2.50. The number of aliphatic imine (C=N–C) groups is 1. The number of allylic oxidation sites excluding steroid dienone is 4. The van der Waals surface area contributed by atoms with Gasteiger partial charge < -0.3 is 0 Å². The number of hydrogen-bond acceptors (Lipinski definition) is 1. The van der Waals surface area contributed by atoms with Crippen LogP contribution in [0.4, 0.5) is 13.2 Å². The van der Waals surface area contributed by atoms with Gasteiger partial charge in [0.05, 0.1) is 0 Å². The van der Waals surface area contributed by atoms with Crippen LogP contribution in [-0.2, 0) is 0 Å². The molecule has 0 radical (unpaired) electrons. The second-order valence-corrected chi connectivity index (χ2v) is 2.50. The molecule has 0 rings (SSSR count). The Kier molecular flexibility index (Phi) is 4.45. The number of nitrogens with zero attached hydrogens (tertiary/aromatic N) is 1. The van der Waals surface area contributed by atoms with E-state index in [1.165, 1.54) is 13.3 Å². The summed E-state index contributed by atoms with van der Waals surface area (Å²) in [4.78, 5) is 3.64. The maximum Gasteiger partial charge on any atom is 0.412 e. The molecule has 0 amide bonds. The summed E-state index contributed by atoms with van der Waals surface area (Å²) < 4.78 is 36.1. The van der Waals surface area contributed by atoms with Crippen LogP contribution in [0.3, 0.4) is 0 Å². The van der Waals surface area contributed by atoms with E-state index in [0.29, 0.717) is 5.57 Å². The smallest absolute Gasteiger partial charge is 0.296 e. The van der Waals surface area contributed by atoms with Crippen molar-refractivity contribution in [2.75, 3.05) is 7.05 Å². The molecule has 0 aromatic carbocycles. The van der Waals surface area contributed by atoms with Gasteiger partial charge in [0.1, 0.15) is 0 Å². The van der Waals surface area contributed by atoms with E-state index >= 15 is 0 Å². The Hall–Kier alpha value is -1.06. The highest BCUT2D eigenvalue weighted by molar-refractivity contribution is 5.82. The molecule has 0 atom stereocenters. The number of alkyl halides is 3. The Balaban J connectivity index is 4.73. The van der Waals surface area contributed by atoms with Crippen molar-refractivity contribution in [1.82, 2.24) is 0 Å². The molecule has 0 aliphatic rings. The molecule has 4 heteroatoms. The minimum Gasteiger partial charge on any atom is -0.296 e. The molecule has 0 aliphatic heterocycles. The van der Waals surface area contributed by atoms with Gasteiger partial charge in [-0.3, -0.25) is 4.99 Å². The van der Waals surface area contributed by atoms with Crippen molar-refractivity contribution in [2.24, 2.45) is 4.99 Å². The number of hydrogen-bond donors (Lipinski definition) is 0. The fourth-order valence-corrected chi connectivity index (χ4v) is 0.676. The third kappa shape index (κ3) is 4.50. The van der Waals surface area contributed by atoms with Gasteiger partial charge in [-0.25, -0.2) is 0 Å². The van der Waals surface area contributed by atoms with Gasteiger partial charge >= 0.3 is 6.18 Å². The van der Waals surface area contributed by atoms with Crippen molar-refractivity contribution in [3.8, 4) is 0 Å². The summed E-state index contributed by atoms with van der Waals surface area (Å²) in [5.41, 5.74) is -0.169. The van der Waals surface area contributed by atoms with E-state index < -0.39 is 11.7 Å². The zero-order valence-electron chi connectivity index (χ0n) is 7.81. The topological polar surface area (TPSA) is 12.4 Å². The van der Waals surface area contributed by atoms with E-state index in [4.69, 9.17) is 0 Å². The van der Waals surface area contributed by atoms with E-state index in [9.17, 15) is 13.2 Å². The Morgan fingerprint density at radius 3 is 2.15 bits per heavy atom. The van der Waals surface area contributed by atoms with Crippen molar-refractivity contribution >= 4 is 6.21 Å². The van der Waals surface area contributed by atoms with E-state index in [1.807, 2.05) is 0 Å².